The molecule has 0 saturated carbocycles. The quantitative estimate of drug-likeness (QED) is 0.366. The highest BCUT2D eigenvalue weighted by Gasteiger charge is 2.25. The molecule has 0 spiro atoms. The highest BCUT2D eigenvalue weighted by Crippen LogP contribution is 2.19. The minimum absolute atomic E-state index is 0.0545. The van der Waals surface area contributed by atoms with Gasteiger partial charge in [0.25, 0.3) is 0 Å². The molecule has 0 bridgehead atoms. The van der Waals surface area contributed by atoms with Crippen molar-refractivity contribution in [3.63, 3.8) is 0 Å². The highest BCUT2D eigenvalue weighted by atomic mass is 16.3. The summed E-state index contributed by atoms with van der Waals surface area (Å²) in [5.74, 6) is 6.31. The molecule has 136 valence electrons. The summed E-state index contributed by atoms with van der Waals surface area (Å²) in [6, 6.07) is 0.0545. The maximum atomic E-state index is 12.2. The average molecular weight is 335 g/mol. The van der Waals surface area contributed by atoms with Crippen LogP contribution in [0.25, 0.3) is 0 Å². The van der Waals surface area contributed by atoms with Gasteiger partial charge in [-0.05, 0) is 32.1 Å². The zero-order chi connectivity index (χ0) is 17.6. The Morgan fingerprint density at radius 2 is 2.12 bits per heavy atom. The second kappa shape index (κ2) is 13.0. The van der Waals surface area contributed by atoms with Crippen LogP contribution in [0.5, 0.6) is 0 Å². The third-order valence-corrected chi connectivity index (χ3v) is 4.35. The SMILES string of the molecule is CCCCC[C@@H](O)/C=C/C1CCCC(=O)N1CC#CCCCCO. The molecular formula is C20H33NO3. The first-order valence-electron chi connectivity index (χ1n) is 9.41. The van der Waals surface area contributed by atoms with Gasteiger partial charge in [0.05, 0.1) is 18.7 Å². The van der Waals surface area contributed by atoms with Gasteiger partial charge in [-0.2, -0.15) is 0 Å². The molecule has 0 aromatic rings. The lowest BCUT2D eigenvalue weighted by Crippen LogP contribution is -2.42. The third-order valence-electron chi connectivity index (χ3n) is 4.35. The van der Waals surface area contributed by atoms with E-state index in [1.807, 2.05) is 17.1 Å². The van der Waals surface area contributed by atoms with E-state index >= 15 is 0 Å². The van der Waals surface area contributed by atoms with Crippen molar-refractivity contribution in [2.45, 2.75) is 83.3 Å². The number of hydrogen-bond acceptors (Lipinski definition) is 3. The zero-order valence-electron chi connectivity index (χ0n) is 15.0. The van der Waals surface area contributed by atoms with Crippen LogP contribution in [0.1, 0.15) is 71.1 Å². The number of aliphatic hydroxyl groups excluding tert-OH is 2. The second-order valence-corrected chi connectivity index (χ2v) is 6.46. The lowest BCUT2D eigenvalue weighted by Gasteiger charge is -2.32. The van der Waals surface area contributed by atoms with E-state index in [1.165, 1.54) is 0 Å². The lowest BCUT2D eigenvalue weighted by atomic mass is 10.00. The number of amides is 1. The van der Waals surface area contributed by atoms with Gasteiger partial charge in [-0.15, -0.1) is 5.92 Å². The van der Waals surface area contributed by atoms with E-state index in [4.69, 9.17) is 5.11 Å². The molecule has 4 heteroatoms. The van der Waals surface area contributed by atoms with Crippen molar-refractivity contribution in [3.8, 4) is 11.8 Å². The summed E-state index contributed by atoms with van der Waals surface area (Å²) in [6.07, 6.45) is 12.4. The Bertz CT molecular complexity index is 436. The van der Waals surface area contributed by atoms with Gasteiger partial charge < -0.3 is 15.1 Å². The van der Waals surface area contributed by atoms with Crippen LogP contribution in [0, 0.1) is 11.8 Å². The van der Waals surface area contributed by atoms with Crippen LogP contribution in [0.3, 0.4) is 0 Å². The number of unbranched alkanes of at least 4 members (excludes halogenated alkanes) is 4. The van der Waals surface area contributed by atoms with E-state index in [2.05, 4.69) is 18.8 Å². The summed E-state index contributed by atoms with van der Waals surface area (Å²) in [5, 5.41) is 18.8. The van der Waals surface area contributed by atoms with Crippen molar-refractivity contribution < 1.29 is 15.0 Å². The molecular weight excluding hydrogens is 302 g/mol. The van der Waals surface area contributed by atoms with Crippen LogP contribution in [-0.4, -0.2) is 46.3 Å². The predicted molar refractivity (Wildman–Crippen MR) is 97.4 cm³/mol. The summed E-state index contributed by atoms with van der Waals surface area (Å²) in [4.78, 5) is 14.0. The molecule has 1 aliphatic heterocycles. The molecule has 2 N–H and O–H groups in total. The van der Waals surface area contributed by atoms with Gasteiger partial charge in [0.1, 0.15) is 0 Å². The van der Waals surface area contributed by atoms with Gasteiger partial charge in [0.15, 0.2) is 0 Å². The summed E-state index contributed by atoms with van der Waals surface area (Å²) < 4.78 is 0. The van der Waals surface area contributed by atoms with Crippen molar-refractivity contribution in [1.29, 1.82) is 0 Å². The number of nitrogens with zero attached hydrogens (tertiary/aromatic N) is 1. The van der Waals surface area contributed by atoms with Gasteiger partial charge in [-0.25, -0.2) is 0 Å². The third kappa shape index (κ3) is 8.52. The Balaban J connectivity index is 2.48. The number of rotatable bonds is 10. The fourth-order valence-corrected chi connectivity index (χ4v) is 2.86. The molecule has 0 aromatic heterocycles. The van der Waals surface area contributed by atoms with E-state index in [-0.39, 0.29) is 18.6 Å². The predicted octanol–water partition coefficient (Wildman–Crippen LogP) is 3.03. The molecule has 4 nitrogen and oxygen atoms in total. The Labute approximate surface area is 146 Å². The van der Waals surface area contributed by atoms with Gasteiger partial charge in [-0.3, -0.25) is 4.79 Å². The van der Waals surface area contributed by atoms with Gasteiger partial charge >= 0.3 is 0 Å². The summed E-state index contributed by atoms with van der Waals surface area (Å²) in [6.45, 7) is 2.82. The van der Waals surface area contributed by atoms with Crippen molar-refractivity contribution in [2.75, 3.05) is 13.2 Å². The Kier molecular flexibility index (Phi) is 11.3. The van der Waals surface area contributed by atoms with Gasteiger partial charge in [-0.1, -0.05) is 44.3 Å². The van der Waals surface area contributed by atoms with E-state index in [0.717, 1.165) is 57.8 Å². The summed E-state index contributed by atoms with van der Waals surface area (Å²) in [5.41, 5.74) is 0. The van der Waals surface area contributed by atoms with E-state index in [0.29, 0.717) is 13.0 Å². The fraction of sp³-hybridized carbons (Fsp3) is 0.750. The molecule has 2 atom stereocenters. The minimum Gasteiger partial charge on any atom is -0.396 e. The first-order valence-corrected chi connectivity index (χ1v) is 9.41. The molecule has 1 amide bonds. The smallest absolute Gasteiger partial charge is 0.223 e. The van der Waals surface area contributed by atoms with Crippen LogP contribution in [0.4, 0.5) is 0 Å². The first-order chi connectivity index (χ1) is 11.7. The molecule has 1 rings (SSSR count). The maximum absolute atomic E-state index is 12.2. The molecule has 1 unspecified atom stereocenters. The number of hydrogen-bond donors (Lipinski definition) is 2. The van der Waals surface area contributed by atoms with Crippen molar-refractivity contribution in [2.24, 2.45) is 0 Å². The Morgan fingerprint density at radius 1 is 1.29 bits per heavy atom. The molecule has 1 aliphatic rings. The Hall–Kier alpha value is -1.31. The number of likely N-dealkylation sites (tertiary alicyclic amines) is 1. The second-order valence-electron chi connectivity index (χ2n) is 6.46. The topological polar surface area (TPSA) is 60.8 Å². The molecule has 0 aliphatic carbocycles. The van der Waals surface area contributed by atoms with Gasteiger partial charge in [0.2, 0.25) is 5.91 Å². The van der Waals surface area contributed by atoms with E-state index in [9.17, 15) is 9.90 Å². The average Bonchev–Trinajstić information content (AvgIpc) is 2.58. The number of piperidine rings is 1. The molecule has 0 aromatic carbocycles. The molecule has 0 radical (unpaired) electrons. The lowest BCUT2D eigenvalue weighted by molar-refractivity contribution is -0.134. The fourth-order valence-electron chi connectivity index (χ4n) is 2.86. The highest BCUT2D eigenvalue weighted by molar-refractivity contribution is 5.77. The van der Waals surface area contributed by atoms with E-state index < -0.39 is 6.10 Å². The summed E-state index contributed by atoms with van der Waals surface area (Å²) in [7, 11) is 0. The number of carbonyl (C=O) groups is 1. The molecule has 1 heterocycles. The molecule has 24 heavy (non-hydrogen) atoms. The van der Waals surface area contributed by atoms with E-state index in [1.54, 1.807) is 0 Å². The molecule has 1 fully saturated rings. The normalized spacial score (nSPS) is 19.4. The van der Waals surface area contributed by atoms with Crippen LogP contribution in [0.2, 0.25) is 0 Å². The van der Waals surface area contributed by atoms with Crippen LogP contribution in [0.15, 0.2) is 12.2 Å². The number of carbonyl (C=O) groups excluding carboxylic acids is 1. The van der Waals surface area contributed by atoms with Crippen molar-refractivity contribution in [3.05, 3.63) is 12.2 Å². The van der Waals surface area contributed by atoms with Crippen LogP contribution in [-0.2, 0) is 4.79 Å². The molecule has 1 saturated heterocycles. The summed E-state index contributed by atoms with van der Waals surface area (Å²) >= 11 is 0. The standard InChI is InChI=1S/C20H33NO3/c1-2-3-7-12-19(23)15-14-18-11-10-13-20(24)21(18)16-8-5-4-6-9-17-22/h14-15,18-19,22-23H,2-4,6-7,9-13,16-17H2,1H3/b15-14+/t18?,19-/m1/s1. The van der Waals surface area contributed by atoms with Gasteiger partial charge in [0, 0.05) is 19.4 Å². The monoisotopic (exact) mass is 335 g/mol. The Morgan fingerprint density at radius 3 is 2.88 bits per heavy atom. The first kappa shape index (κ1) is 20.7. The van der Waals surface area contributed by atoms with Crippen molar-refractivity contribution >= 4 is 5.91 Å². The van der Waals surface area contributed by atoms with Crippen molar-refractivity contribution in [1.82, 2.24) is 4.90 Å². The largest absolute Gasteiger partial charge is 0.396 e. The maximum Gasteiger partial charge on any atom is 0.223 e. The van der Waals surface area contributed by atoms with Crippen LogP contribution < -0.4 is 0 Å². The zero-order valence-corrected chi connectivity index (χ0v) is 15.0. The number of aliphatic hydroxyl groups is 2. The minimum atomic E-state index is -0.417. The van der Waals surface area contributed by atoms with Crippen LogP contribution >= 0.6 is 0 Å².